The van der Waals surface area contributed by atoms with Gasteiger partial charge in [-0.15, -0.1) is 0 Å². The Morgan fingerprint density at radius 3 is 2.31 bits per heavy atom. The van der Waals surface area contributed by atoms with Crippen LogP contribution in [0.2, 0.25) is 0 Å². The zero-order valence-electron chi connectivity index (χ0n) is 15.9. The second-order valence-electron chi connectivity index (χ2n) is 6.19. The molecule has 1 aliphatic heterocycles. The van der Waals surface area contributed by atoms with Crippen molar-refractivity contribution in [2.75, 3.05) is 53.0 Å². The number of ether oxygens (including phenoxy) is 2. The van der Waals surface area contributed by atoms with E-state index in [9.17, 15) is 9.59 Å². The lowest BCUT2D eigenvalue weighted by Gasteiger charge is -2.39. The summed E-state index contributed by atoms with van der Waals surface area (Å²) in [7, 11) is 1.63. The molecule has 1 aromatic rings. The van der Waals surface area contributed by atoms with Gasteiger partial charge in [0.05, 0.1) is 19.8 Å². The Bertz CT molecular complexity index is 583. The molecule has 0 saturated carbocycles. The Balaban J connectivity index is 2.08. The average molecular weight is 363 g/mol. The minimum atomic E-state index is -0.836. The number of methoxy groups -OCH3 is 1. The molecule has 0 spiro atoms. The number of nitrogens with one attached hydrogen (secondary N) is 1. The highest BCUT2D eigenvalue weighted by Gasteiger charge is 2.26. The topological polar surface area (TPSA) is 71.1 Å². The molecule has 2 rings (SSSR count). The number of carbonyl (C=O) groups is 2. The van der Waals surface area contributed by atoms with Gasteiger partial charge in [0.1, 0.15) is 5.75 Å². The molecule has 1 N–H and O–H groups in total. The zero-order valence-corrected chi connectivity index (χ0v) is 15.9. The smallest absolute Gasteiger partial charge is 0.396 e. The summed E-state index contributed by atoms with van der Waals surface area (Å²) in [5.74, 6) is -0.742. The first-order valence-corrected chi connectivity index (χ1v) is 9.14. The molecule has 7 heteroatoms. The van der Waals surface area contributed by atoms with Gasteiger partial charge in [0.2, 0.25) is 0 Å². The number of likely N-dealkylation sites (N-methyl/N-ethyl adjacent to an activating group) is 1. The first-order chi connectivity index (χ1) is 12.6. The number of esters is 1. The van der Waals surface area contributed by atoms with E-state index in [0.717, 1.165) is 44.0 Å². The van der Waals surface area contributed by atoms with E-state index in [1.165, 1.54) is 0 Å². The maximum Gasteiger partial charge on any atom is 0.396 e. The van der Waals surface area contributed by atoms with Gasteiger partial charge in [0.25, 0.3) is 0 Å². The highest BCUT2D eigenvalue weighted by Crippen LogP contribution is 2.24. The third-order valence-corrected chi connectivity index (χ3v) is 4.71. The van der Waals surface area contributed by atoms with E-state index < -0.39 is 11.9 Å². The number of benzene rings is 1. The molecule has 0 bridgehead atoms. The lowest BCUT2D eigenvalue weighted by molar-refractivity contribution is -0.154. The molecule has 0 aliphatic carbocycles. The van der Waals surface area contributed by atoms with Gasteiger partial charge in [0, 0.05) is 32.7 Å². The number of hydrogen-bond acceptors (Lipinski definition) is 6. The minimum absolute atomic E-state index is 0.00158. The molecule has 7 nitrogen and oxygen atoms in total. The summed E-state index contributed by atoms with van der Waals surface area (Å²) in [5, 5.41) is 2.72. The first kappa shape index (κ1) is 20.2. The number of hydrogen-bond donors (Lipinski definition) is 1. The van der Waals surface area contributed by atoms with Crippen LogP contribution in [0.1, 0.15) is 25.5 Å². The molecule has 1 aromatic carbocycles. The van der Waals surface area contributed by atoms with Crippen molar-refractivity contribution < 1.29 is 19.1 Å². The van der Waals surface area contributed by atoms with Crippen LogP contribution in [0, 0.1) is 0 Å². The third kappa shape index (κ3) is 5.44. The van der Waals surface area contributed by atoms with E-state index in [-0.39, 0.29) is 12.6 Å². The predicted molar refractivity (Wildman–Crippen MR) is 99.1 cm³/mol. The van der Waals surface area contributed by atoms with Gasteiger partial charge in [0.15, 0.2) is 0 Å². The van der Waals surface area contributed by atoms with Crippen molar-refractivity contribution in [2.45, 2.75) is 19.9 Å². The van der Waals surface area contributed by atoms with Gasteiger partial charge >= 0.3 is 11.9 Å². The van der Waals surface area contributed by atoms with Crippen LogP contribution in [0.25, 0.3) is 0 Å². The molecular weight excluding hydrogens is 334 g/mol. The third-order valence-electron chi connectivity index (χ3n) is 4.71. The lowest BCUT2D eigenvalue weighted by atomic mass is 10.0. The van der Waals surface area contributed by atoms with E-state index in [4.69, 9.17) is 9.47 Å². The van der Waals surface area contributed by atoms with Crippen molar-refractivity contribution in [3.63, 3.8) is 0 Å². The molecule has 1 aliphatic rings. The molecule has 144 valence electrons. The SMILES string of the molecule is CCOC(=O)C(=O)NCC(c1ccc(OC)cc1)N1CCN(CC)CC1. The van der Waals surface area contributed by atoms with E-state index in [0.29, 0.717) is 6.54 Å². The summed E-state index contributed by atoms with van der Waals surface area (Å²) in [6.45, 7) is 9.25. The predicted octanol–water partition coefficient (Wildman–Crippen LogP) is 1.05. The van der Waals surface area contributed by atoms with E-state index in [1.54, 1.807) is 14.0 Å². The van der Waals surface area contributed by atoms with Gasteiger partial charge in [-0.2, -0.15) is 0 Å². The summed E-state index contributed by atoms with van der Waals surface area (Å²) in [5.41, 5.74) is 1.08. The highest BCUT2D eigenvalue weighted by atomic mass is 16.5. The molecule has 0 aromatic heterocycles. The molecule has 26 heavy (non-hydrogen) atoms. The summed E-state index contributed by atoms with van der Waals surface area (Å²) in [6.07, 6.45) is 0. The summed E-state index contributed by atoms with van der Waals surface area (Å²) in [4.78, 5) is 28.2. The fraction of sp³-hybridized carbons (Fsp3) is 0.579. The van der Waals surface area contributed by atoms with Gasteiger partial charge < -0.3 is 19.7 Å². The van der Waals surface area contributed by atoms with Crippen LogP contribution >= 0.6 is 0 Å². The van der Waals surface area contributed by atoms with Crippen LogP contribution in [0.4, 0.5) is 0 Å². The van der Waals surface area contributed by atoms with E-state index in [2.05, 4.69) is 22.0 Å². The Kier molecular flexibility index (Phi) is 7.87. The van der Waals surface area contributed by atoms with Crippen LogP contribution in [0.5, 0.6) is 5.75 Å². The number of carbonyl (C=O) groups excluding carboxylic acids is 2. The quantitative estimate of drug-likeness (QED) is 0.577. The lowest BCUT2D eigenvalue weighted by Crippen LogP contribution is -2.50. The average Bonchev–Trinajstić information content (AvgIpc) is 2.69. The van der Waals surface area contributed by atoms with Crippen molar-refractivity contribution >= 4 is 11.9 Å². The number of nitrogens with zero attached hydrogens (tertiary/aromatic N) is 2. The molecule has 0 radical (unpaired) electrons. The Hall–Kier alpha value is -2.12. The summed E-state index contributed by atoms with van der Waals surface area (Å²) < 4.78 is 9.99. The normalized spacial score (nSPS) is 16.7. The molecule has 1 fully saturated rings. The van der Waals surface area contributed by atoms with Crippen molar-refractivity contribution in [3.8, 4) is 5.75 Å². The van der Waals surface area contributed by atoms with Crippen LogP contribution in [-0.4, -0.2) is 74.7 Å². The van der Waals surface area contributed by atoms with E-state index >= 15 is 0 Å². The van der Waals surface area contributed by atoms with Crippen molar-refractivity contribution in [3.05, 3.63) is 29.8 Å². The fourth-order valence-electron chi connectivity index (χ4n) is 3.13. The van der Waals surface area contributed by atoms with Crippen molar-refractivity contribution in [2.24, 2.45) is 0 Å². The maximum absolute atomic E-state index is 11.9. The second-order valence-corrected chi connectivity index (χ2v) is 6.19. The Morgan fingerprint density at radius 2 is 1.77 bits per heavy atom. The van der Waals surface area contributed by atoms with E-state index in [1.807, 2.05) is 24.3 Å². The van der Waals surface area contributed by atoms with Gasteiger partial charge in [-0.1, -0.05) is 19.1 Å². The van der Waals surface area contributed by atoms with Crippen molar-refractivity contribution in [1.29, 1.82) is 0 Å². The Morgan fingerprint density at radius 1 is 1.12 bits per heavy atom. The summed E-state index contributed by atoms with van der Waals surface area (Å²) in [6, 6.07) is 7.84. The minimum Gasteiger partial charge on any atom is -0.497 e. The van der Waals surface area contributed by atoms with Gasteiger partial charge in [-0.3, -0.25) is 9.69 Å². The molecule has 1 unspecified atom stereocenters. The maximum atomic E-state index is 11.9. The van der Waals surface area contributed by atoms with Crippen molar-refractivity contribution in [1.82, 2.24) is 15.1 Å². The standard InChI is InChI=1S/C19H29N3O4/c1-4-21-10-12-22(13-11-21)17(14-20-18(23)19(24)26-5-2)15-6-8-16(25-3)9-7-15/h6-9,17H,4-5,10-14H2,1-3H3,(H,20,23). The first-order valence-electron chi connectivity index (χ1n) is 9.14. The van der Waals surface area contributed by atoms with Crippen LogP contribution in [0.3, 0.4) is 0 Å². The van der Waals surface area contributed by atoms with Crippen LogP contribution in [-0.2, 0) is 14.3 Å². The number of rotatable bonds is 7. The van der Waals surface area contributed by atoms with Crippen LogP contribution in [0.15, 0.2) is 24.3 Å². The fourth-order valence-corrected chi connectivity index (χ4v) is 3.13. The molecular formula is C19H29N3O4. The van der Waals surface area contributed by atoms with Gasteiger partial charge in [-0.25, -0.2) is 4.79 Å². The monoisotopic (exact) mass is 363 g/mol. The second kappa shape index (κ2) is 10.1. The summed E-state index contributed by atoms with van der Waals surface area (Å²) >= 11 is 0. The Labute approximate surface area is 155 Å². The molecule has 1 amide bonds. The largest absolute Gasteiger partial charge is 0.497 e. The van der Waals surface area contributed by atoms with Crippen LogP contribution < -0.4 is 10.1 Å². The molecule has 1 atom stereocenters. The number of piperazine rings is 1. The zero-order chi connectivity index (χ0) is 18.9. The number of amides is 1. The highest BCUT2D eigenvalue weighted by molar-refractivity contribution is 6.32. The molecule has 1 saturated heterocycles. The van der Waals surface area contributed by atoms with Gasteiger partial charge in [-0.05, 0) is 31.2 Å². The molecule has 1 heterocycles.